The molecular weight excluding hydrogens is 793 g/mol. The number of hydrogen-bond donors (Lipinski definition) is 0. The van der Waals surface area contributed by atoms with Gasteiger partial charge in [-0.1, -0.05) is 84.9 Å². The van der Waals surface area contributed by atoms with Crippen LogP contribution >= 0.6 is 0 Å². The van der Waals surface area contributed by atoms with E-state index in [0.29, 0.717) is 23.4 Å². The Morgan fingerprint density at radius 1 is 0.297 bits per heavy atom. The van der Waals surface area contributed by atoms with Crippen molar-refractivity contribution in [3.63, 3.8) is 0 Å². The molecule has 13 rings (SSSR count). The van der Waals surface area contributed by atoms with Gasteiger partial charge in [0, 0.05) is 63.9 Å². The molecule has 64 heavy (non-hydrogen) atoms. The zero-order chi connectivity index (χ0) is 42.1. The number of aromatic nitrogens is 8. The van der Waals surface area contributed by atoms with Gasteiger partial charge in [0.25, 0.3) is 0 Å². The third-order valence-electron chi connectivity index (χ3n) is 11.7. The monoisotopic (exact) mass is 822 g/mol. The standard InChI is InChI=1S/C54H30N8O2/c1-2-8-33(9-3-1)54-59-47-28-49-42(27-50(47)64-54)41-19-18-34(26-48(41)63-49)38-21-20-37(39-10-4-5-11-40(38)39)31-14-16-32(17-15-31)51-60-52(35-24-45-43(57-29-35)12-6-22-55-45)62-53(61-51)36-25-46-44(58-30-36)13-7-23-56-46/h1-30H. The summed E-state index contributed by atoms with van der Waals surface area (Å²) in [4.78, 5) is 38.0. The molecule has 0 unspecified atom stereocenters. The molecule has 7 heterocycles. The highest BCUT2D eigenvalue weighted by atomic mass is 16.4. The van der Waals surface area contributed by atoms with E-state index >= 15 is 0 Å². The van der Waals surface area contributed by atoms with Crippen LogP contribution in [0.3, 0.4) is 0 Å². The minimum Gasteiger partial charge on any atom is -0.456 e. The Morgan fingerprint density at radius 3 is 1.55 bits per heavy atom. The van der Waals surface area contributed by atoms with E-state index in [1.165, 1.54) is 0 Å². The van der Waals surface area contributed by atoms with Crippen molar-refractivity contribution in [3.05, 3.63) is 183 Å². The van der Waals surface area contributed by atoms with Crippen LogP contribution in [0.15, 0.2) is 191 Å². The minimum atomic E-state index is 0.483. The molecular formula is C54H30N8O2. The Hall–Kier alpha value is -9.02. The van der Waals surface area contributed by atoms with Crippen LogP contribution in [0.2, 0.25) is 0 Å². The SMILES string of the molecule is c1ccc(-c2nc3cc4oc5cc(-c6ccc(-c7ccc(-c8nc(-c9cnc%10cccnc%10c9)nc(-c9cnc%10cccnc%10c9)n8)cc7)c7ccccc67)ccc5c4cc3o2)cc1. The third kappa shape index (κ3) is 6.04. The first-order valence-corrected chi connectivity index (χ1v) is 20.8. The molecule has 298 valence electrons. The number of rotatable bonds is 6. The Balaban J connectivity index is 0.861. The summed E-state index contributed by atoms with van der Waals surface area (Å²) in [5.74, 6) is 2.08. The smallest absolute Gasteiger partial charge is 0.227 e. The average Bonchev–Trinajstić information content (AvgIpc) is 3.95. The van der Waals surface area contributed by atoms with Gasteiger partial charge in [0.05, 0.1) is 22.1 Å². The fourth-order valence-electron chi connectivity index (χ4n) is 8.58. The van der Waals surface area contributed by atoms with Crippen molar-refractivity contribution in [1.82, 2.24) is 39.9 Å². The first-order chi connectivity index (χ1) is 31.6. The molecule has 0 spiro atoms. The summed E-state index contributed by atoms with van der Waals surface area (Å²) in [6.45, 7) is 0. The Kier molecular flexibility index (Phi) is 7.97. The van der Waals surface area contributed by atoms with Crippen molar-refractivity contribution in [2.45, 2.75) is 0 Å². The Morgan fingerprint density at radius 2 is 0.875 bits per heavy atom. The van der Waals surface area contributed by atoms with Gasteiger partial charge < -0.3 is 8.83 Å². The summed E-state index contributed by atoms with van der Waals surface area (Å²) in [5, 5.41) is 4.29. The lowest BCUT2D eigenvalue weighted by atomic mass is 9.91. The maximum atomic E-state index is 6.48. The lowest BCUT2D eigenvalue weighted by molar-refractivity contribution is 0.620. The zero-order valence-corrected chi connectivity index (χ0v) is 33.7. The molecule has 0 atom stereocenters. The van der Waals surface area contributed by atoms with Gasteiger partial charge in [0.2, 0.25) is 5.89 Å². The molecule has 10 heteroatoms. The van der Waals surface area contributed by atoms with Crippen LogP contribution in [0.4, 0.5) is 0 Å². The number of hydrogen-bond acceptors (Lipinski definition) is 10. The Bertz CT molecular complexity index is 3880. The maximum Gasteiger partial charge on any atom is 0.227 e. The lowest BCUT2D eigenvalue weighted by Gasteiger charge is -2.13. The number of pyridine rings is 4. The van der Waals surface area contributed by atoms with Gasteiger partial charge >= 0.3 is 0 Å². The number of fused-ring (bicyclic) bond motifs is 7. The summed E-state index contributed by atoms with van der Waals surface area (Å²) in [7, 11) is 0. The number of furan rings is 1. The summed E-state index contributed by atoms with van der Waals surface area (Å²) in [6, 6.07) is 53.2. The molecule has 0 saturated heterocycles. The van der Waals surface area contributed by atoms with Crippen LogP contribution in [-0.2, 0) is 0 Å². The van der Waals surface area contributed by atoms with Crippen molar-refractivity contribution in [1.29, 1.82) is 0 Å². The van der Waals surface area contributed by atoms with E-state index in [-0.39, 0.29) is 0 Å². The van der Waals surface area contributed by atoms with Crippen molar-refractivity contribution in [2.75, 3.05) is 0 Å². The summed E-state index contributed by atoms with van der Waals surface area (Å²) in [5.41, 5.74) is 13.8. The molecule has 0 aliphatic heterocycles. The lowest BCUT2D eigenvalue weighted by Crippen LogP contribution is -2.01. The van der Waals surface area contributed by atoms with Crippen LogP contribution in [0, 0.1) is 0 Å². The number of oxazole rings is 1. The largest absolute Gasteiger partial charge is 0.456 e. The highest BCUT2D eigenvalue weighted by Gasteiger charge is 2.18. The van der Waals surface area contributed by atoms with Crippen LogP contribution in [-0.4, -0.2) is 39.9 Å². The molecule has 0 radical (unpaired) electrons. The molecule has 0 bridgehead atoms. The summed E-state index contributed by atoms with van der Waals surface area (Å²) in [6.07, 6.45) is 7.06. The van der Waals surface area contributed by atoms with Gasteiger partial charge in [-0.05, 0) is 99.8 Å². The van der Waals surface area contributed by atoms with Crippen molar-refractivity contribution in [3.8, 4) is 67.9 Å². The van der Waals surface area contributed by atoms with E-state index < -0.39 is 0 Å². The van der Waals surface area contributed by atoms with E-state index in [1.54, 1.807) is 24.8 Å². The predicted octanol–water partition coefficient (Wildman–Crippen LogP) is 13.0. The van der Waals surface area contributed by atoms with E-state index in [9.17, 15) is 0 Å². The molecule has 0 saturated carbocycles. The first-order valence-electron chi connectivity index (χ1n) is 20.8. The van der Waals surface area contributed by atoms with Crippen molar-refractivity contribution in [2.24, 2.45) is 0 Å². The molecule has 0 fully saturated rings. The second-order valence-corrected chi connectivity index (χ2v) is 15.6. The molecule has 10 nitrogen and oxygen atoms in total. The highest BCUT2D eigenvalue weighted by Crippen LogP contribution is 2.40. The van der Waals surface area contributed by atoms with Crippen LogP contribution in [0.25, 0.3) is 134 Å². The number of benzene rings is 6. The molecule has 0 N–H and O–H groups in total. The fraction of sp³-hybridized carbons (Fsp3) is 0. The molecule has 6 aromatic carbocycles. The van der Waals surface area contributed by atoms with Gasteiger partial charge in [-0.2, -0.15) is 0 Å². The van der Waals surface area contributed by atoms with E-state index in [1.807, 2.05) is 78.9 Å². The third-order valence-corrected chi connectivity index (χ3v) is 11.7. The molecule has 7 aromatic heterocycles. The van der Waals surface area contributed by atoms with Gasteiger partial charge in [-0.25, -0.2) is 19.9 Å². The van der Waals surface area contributed by atoms with Crippen LogP contribution < -0.4 is 0 Å². The molecule has 0 amide bonds. The van der Waals surface area contributed by atoms with Crippen molar-refractivity contribution < 1.29 is 8.83 Å². The minimum absolute atomic E-state index is 0.483. The van der Waals surface area contributed by atoms with Crippen LogP contribution in [0.1, 0.15) is 0 Å². The normalized spacial score (nSPS) is 11.8. The Labute approximate surface area is 363 Å². The fourth-order valence-corrected chi connectivity index (χ4v) is 8.58. The quantitative estimate of drug-likeness (QED) is 0.160. The average molecular weight is 823 g/mol. The van der Waals surface area contributed by atoms with Gasteiger partial charge in [0.1, 0.15) is 16.7 Å². The molecule has 0 aliphatic rings. The second-order valence-electron chi connectivity index (χ2n) is 15.6. The van der Waals surface area contributed by atoms with Crippen LogP contribution in [0.5, 0.6) is 0 Å². The maximum absolute atomic E-state index is 6.48. The number of nitrogens with zero attached hydrogens (tertiary/aromatic N) is 8. The predicted molar refractivity (Wildman–Crippen MR) is 251 cm³/mol. The first kappa shape index (κ1) is 35.7. The summed E-state index contributed by atoms with van der Waals surface area (Å²) < 4.78 is 12.7. The molecule has 0 aliphatic carbocycles. The highest BCUT2D eigenvalue weighted by molar-refractivity contribution is 6.11. The van der Waals surface area contributed by atoms with Crippen molar-refractivity contribution >= 4 is 65.9 Å². The topological polar surface area (TPSA) is 129 Å². The second kappa shape index (κ2) is 14.3. The van der Waals surface area contributed by atoms with E-state index in [0.717, 1.165) is 110 Å². The summed E-state index contributed by atoms with van der Waals surface area (Å²) >= 11 is 0. The molecule has 13 aromatic rings. The van der Waals surface area contributed by atoms with E-state index in [4.69, 9.17) is 28.8 Å². The van der Waals surface area contributed by atoms with E-state index in [2.05, 4.69) is 98.8 Å². The van der Waals surface area contributed by atoms with Gasteiger partial charge in [0.15, 0.2) is 23.1 Å². The van der Waals surface area contributed by atoms with Gasteiger partial charge in [-0.15, -0.1) is 0 Å². The zero-order valence-electron chi connectivity index (χ0n) is 33.7. The van der Waals surface area contributed by atoms with Gasteiger partial charge in [-0.3, -0.25) is 19.9 Å².